The summed E-state index contributed by atoms with van der Waals surface area (Å²) in [5.74, 6) is 0.543. The Bertz CT molecular complexity index is 835. The number of para-hydroxylation sites is 1. The van der Waals surface area contributed by atoms with Gasteiger partial charge in [0.15, 0.2) is 0 Å². The number of halogens is 1. The highest BCUT2D eigenvalue weighted by Gasteiger charge is 2.16. The van der Waals surface area contributed by atoms with Crippen molar-refractivity contribution in [3.8, 4) is 11.5 Å². The van der Waals surface area contributed by atoms with Crippen molar-refractivity contribution in [2.75, 3.05) is 14.2 Å². The fourth-order valence-electron chi connectivity index (χ4n) is 2.18. The summed E-state index contributed by atoms with van der Waals surface area (Å²) in [6.45, 7) is 0.124. The van der Waals surface area contributed by atoms with Crippen molar-refractivity contribution in [2.24, 2.45) is 0 Å². The fraction of sp³-hybridized carbons (Fsp3) is 0.176. The van der Waals surface area contributed by atoms with Gasteiger partial charge >= 0.3 is 5.97 Å². The van der Waals surface area contributed by atoms with E-state index in [9.17, 15) is 4.79 Å². The molecular weight excluding hydrogens is 394 g/mol. The number of fused-ring (bicyclic) bond motifs is 1. The van der Waals surface area contributed by atoms with E-state index in [1.165, 1.54) is 25.6 Å². The summed E-state index contributed by atoms with van der Waals surface area (Å²) in [7, 11) is 3.05. The average Bonchev–Trinajstić information content (AvgIpc) is 3.02. The monoisotopic (exact) mass is 407 g/mol. The quantitative estimate of drug-likeness (QED) is 0.585. The topological polar surface area (TPSA) is 57.7 Å². The number of esters is 1. The molecule has 1 heterocycles. The molecule has 0 fully saturated rings. The number of carbonyl (C=O) groups is 1. The van der Waals surface area contributed by atoms with Gasteiger partial charge in [0.2, 0.25) is 0 Å². The molecule has 1 aromatic heterocycles. The van der Waals surface area contributed by atoms with E-state index in [1.807, 2.05) is 24.3 Å². The second-order valence-corrected chi connectivity index (χ2v) is 6.75. The van der Waals surface area contributed by atoms with Crippen LogP contribution in [-0.4, -0.2) is 25.2 Å². The molecule has 0 spiro atoms. The Kier molecular flexibility index (Phi) is 5.01. The van der Waals surface area contributed by atoms with E-state index in [2.05, 4.69) is 20.9 Å². The summed E-state index contributed by atoms with van der Waals surface area (Å²) in [5.41, 5.74) is 1.26. The average molecular weight is 408 g/mol. The molecular formula is C17H14BrNO4S. The summed E-state index contributed by atoms with van der Waals surface area (Å²) in [4.78, 5) is 16.8. The SMILES string of the molecule is COc1cc(C(=O)OCc2nc3ccccc3s2)cc(OC)c1Br. The smallest absolute Gasteiger partial charge is 0.338 e. The molecule has 0 radical (unpaired) electrons. The van der Waals surface area contributed by atoms with E-state index in [0.29, 0.717) is 21.5 Å². The van der Waals surface area contributed by atoms with E-state index >= 15 is 0 Å². The lowest BCUT2D eigenvalue weighted by Crippen LogP contribution is -2.06. The number of rotatable bonds is 5. The third-order valence-electron chi connectivity index (χ3n) is 3.35. The molecule has 0 saturated carbocycles. The van der Waals surface area contributed by atoms with Crippen molar-refractivity contribution in [1.82, 2.24) is 4.98 Å². The normalized spacial score (nSPS) is 10.6. The zero-order chi connectivity index (χ0) is 17.1. The number of methoxy groups -OCH3 is 2. The van der Waals surface area contributed by atoms with Crippen LogP contribution in [0.25, 0.3) is 10.2 Å². The first kappa shape index (κ1) is 16.7. The molecule has 2 aromatic carbocycles. The minimum Gasteiger partial charge on any atom is -0.495 e. The molecule has 0 saturated heterocycles. The van der Waals surface area contributed by atoms with E-state index in [-0.39, 0.29) is 6.61 Å². The van der Waals surface area contributed by atoms with Gasteiger partial charge in [0, 0.05) is 0 Å². The molecule has 124 valence electrons. The predicted octanol–water partition coefficient (Wildman–Crippen LogP) is 4.43. The van der Waals surface area contributed by atoms with Gasteiger partial charge in [-0.05, 0) is 40.2 Å². The molecule has 0 bridgehead atoms. The highest BCUT2D eigenvalue weighted by atomic mass is 79.9. The van der Waals surface area contributed by atoms with Crippen molar-refractivity contribution >= 4 is 43.5 Å². The van der Waals surface area contributed by atoms with Crippen LogP contribution in [0.5, 0.6) is 11.5 Å². The van der Waals surface area contributed by atoms with E-state index in [0.717, 1.165) is 15.2 Å². The minimum absolute atomic E-state index is 0.124. The van der Waals surface area contributed by atoms with Gasteiger partial charge in [-0.3, -0.25) is 0 Å². The molecule has 24 heavy (non-hydrogen) atoms. The van der Waals surface area contributed by atoms with Gasteiger partial charge in [0.1, 0.15) is 27.6 Å². The molecule has 3 aromatic rings. The number of ether oxygens (including phenoxy) is 3. The Hall–Kier alpha value is -2.12. The Morgan fingerprint density at radius 3 is 2.46 bits per heavy atom. The van der Waals surface area contributed by atoms with Gasteiger partial charge in [0.25, 0.3) is 0 Å². The number of hydrogen-bond acceptors (Lipinski definition) is 6. The Labute approximate surface area is 151 Å². The molecule has 0 aliphatic carbocycles. The summed E-state index contributed by atoms with van der Waals surface area (Å²) < 4.78 is 17.6. The van der Waals surface area contributed by atoms with Crippen LogP contribution in [0, 0.1) is 0 Å². The lowest BCUT2D eigenvalue weighted by molar-refractivity contribution is 0.0471. The maximum atomic E-state index is 12.3. The van der Waals surface area contributed by atoms with Crippen molar-refractivity contribution in [3.05, 3.63) is 51.4 Å². The highest BCUT2D eigenvalue weighted by molar-refractivity contribution is 9.10. The van der Waals surface area contributed by atoms with Crippen LogP contribution in [0.1, 0.15) is 15.4 Å². The van der Waals surface area contributed by atoms with E-state index < -0.39 is 5.97 Å². The van der Waals surface area contributed by atoms with Crippen LogP contribution < -0.4 is 9.47 Å². The molecule has 0 amide bonds. The first-order valence-electron chi connectivity index (χ1n) is 7.05. The standard InChI is InChI=1S/C17H14BrNO4S/c1-21-12-7-10(8-13(22-2)16(12)18)17(20)23-9-15-19-11-5-3-4-6-14(11)24-15/h3-8H,9H2,1-2H3. The number of carbonyl (C=O) groups excluding carboxylic acids is 1. The first-order valence-corrected chi connectivity index (χ1v) is 8.66. The summed E-state index contributed by atoms with van der Waals surface area (Å²) in [5, 5.41) is 0.751. The second-order valence-electron chi connectivity index (χ2n) is 4.85. The fourth-order valence-corrected chi connectivity index (χ4v) is 3.61. The number of nitrogens with zero attached hydrogens (tertiary/aromatic N) is 1. The van der Waals surface area contributed by atoms with Crippen LogP contribution in [0.15, 0.2) is 40.9 Å². The summed E-state index contributed by atoms with van der Waals surface area (Å²) >= 11 is 4.88. The summed E-state index contributed by atoms with van der Waals surface area (Å²) in [6, 6.07) is 11.0. The Morgan fingerprint density at radius 1 is 1.17 bits per heavy atom. The van der Waals surface area contributed by atoms with Crippen molar-refractivity contribution in [1.29, 1.82) is 0 Å². The highest BCUT2D eigenvalue weighted by Crippen LogP contribution is 2.35. The van der Waals surface area contributed by atoms with Gasteiger partial charge in [-0.15, -0.1) is 11.3 Å². The minimum atomic E-state index is -0.460. The number of hydrogen-bond donors (Lipinski definition) is 0. The molecule has 0 aliphatic heterocycles. The maximum Gasteiger partial charge on any atom is 0.338 e. The Balaban J connectivity index is 1.77. The van der Waals surface area contributed by atoms with Crippen LogP contribution >= 0.6 is 27.3 Å². The second kappa shape index (κ2) is 7.19. The molecule has 0 atom stereocenters. The lowest BCUT2D eigenvalue weighted by Gasteiger charge is -2.11. The molecule has 7 heteroatoms. The van der Waals surface area contributed by atoms with Gasteiger partial charge in [0.05, 0.1) is 30.0 Å². The van der Waals surface area contributed by atoms with E-state index in [4.69, 9.17) is 14.2 Å². The van der Waals surface area contributed by atoms with Gasteiger partial charge in [-0.1, -0.05) is 12.1 Å². The third-order valence-corrected chi connectivity index (χ3v) is 5.14. The largest absolute Gasteiger partial charge is 0.495 e. The summed E-state index contributed by atoms with van der Waals surface area (Å²) in [6.07, 6.45) is 0. The van der Waals surface area contributed by atoms with Crippen LogP contribution in [0.3, 0.4) is 0 Å². The van der Waals surface area contributed by atoms with Crippen molar-refractivity contribution < 1.29 is 19.0 Å². The lowest BCUT2D eigenvalue weighted by atomic mass is 10.2. The van der Waals surface area contributed by atoms with E-state index in [1.54, 1.807) is 12.1 Å². The number of aromatic nitrogens is 1. The zero-order valence-electron chi connectivity index (χ0n) is 13.0. The third kappa shape index (κ3) is 3.37. The van der Waals surface area contributed by atoms with Crippen LogP contribution in [0.4, 0.5) is 0 Å². The van der Waals surface area contributed by atoms with Crippen LogP contribution in [-0.2, 0) is 11.3 Å². The zero-order valence-corrected chi connectivity index (χ0v) is 15.4. The van der Waals surface area contributed by atoms with Crippen molar-refractivity contribution in [3.63, 3.8) is 0 Å². The number of benzene rings is 2. The Morgan fingerprint density at radius 2 is 1.83 bits per heavy atom. The molecule has 0 N–H and O–H groups in total. The molecule has 0 unspecified atom stereocenters. The van der Waals surface area contributed by atoms with Crippen LogP contribution in [0.2, 0.25) is 0 Å². The van der Waals surface area contributed by atoms with Gasteiger partial charge < -0.3 is 14.2 Å². The predicted molar refractivity (Wildman–Crippen MR) is 96.0 cm³/mol. The van der Waals surface area contributed by atoms with Gasteiger partial charge in [-0.2, -0.15) is 0 Å². The van der Waals surface area contributed by atoms with Crippen molar-refractivity contribution in [2.45, 2.75) is 6.61 Å². The molecule has 0 aliphatic rings. The number of thiazole rings is 1. The molecule has 5 nitrogen and oxygen atoms in total. The first-order chi connectivity index (χ1) is 11.6. The van der Waals surface area contributed by atoms with Gasteiger partial charge in [-0.25, -0.2) is 9.78 Å². The molecule has 3 rings (SSSR count). The maximum absolute atomic E-state index is 12.3.